The van der Waals surface area contributed by atoms with Gasteiger partial charge in [-0.25, -0.2) is 14.0 Å². The Morgan fingerprint density at radius 2 is 2.12 bits per heavy atom. The molecular weight excluding hydrogens is 221 g/mol. The van der Waals surface area contributed by atoms with Crippen molar-refractivity contribution in [2.75, 3.05) is 6.54 Å². The minimum absolute atomic E-state index is 0.385. The summed E-state index contributed by atoms with van der Waals surface area (Å²) in [6, 6.07) is -1.90. The second kappa shape index (κ2) is 4.09. The van der Waals surface area contributed by atoms with Crippen LogP contribution in [0, 0.1) is 0 Å². The van der Waals surface area contributed by atoms with Crippen LogP contribution in [0.25, 0.3) is 0 Å². The summed E-state index contributed by atoms with van der Waals surface area (Å²) in [4.78, 5) is 22.0. The van der Waals surface area contributed by atoms with Crippen molar-refractivity contribution in [3.63, 3.8) is 0 Å². The van der Waals surface area contributed by atoms with E-state index in [0.717, 1.165) is 6.08 Å². The van der Waals surface area contributed by atoms with Crippen LogP contribution in [-0.2, 0) is 4.79 Å². The number of aliphatic carboxylic acids is 1. The van der Waals surface area contributed by atoms with E-state index in [1.807, 2.05) is 0 Å². The van der Waals surface area contributed by atoms with Gasteiger partial charge in [-0.05, 0) is 0 Å². The predicted molar refractivity (Wildman–Crippen MR) is 50.8 cm³/mol. The third-order valence-electron chi connectivity index (χ3n) is 2.63. The Hall–Kier alpha value is -1.63. The third kappa shape index (κ3) is 1.73. The number of β-amino-alcohol motifs (C(OH)–C–C–N with tert-alkyl or cyclic N) is 1. The van der Waals surface area contributed by atoms with Gasteiger partial charge in [0.2, 0.25) is 0 Å². The molecule has 3 atom stereocenters. The molecule has 1 heterocycles. The van der Waals surface area contributed by atoms with E-state index >= 15 is 0 Å². The van der Waals surface area contributed by atoms with Crippen LogP contribution >= 0.6 is 0 Å². The van der Waals surface area contributed by atoms with Gasteiger partial charge in [-0.15, -0.1) is 6.58 Å². The van der Waals surface area contributed by atoms with Crippen LogP contribution < -0.4 is 0 Å². The van der Waals surface area contributed by atoms with Gasteiger partial charge < -0.3 is 15.3 Å². The monoisotopic (exact) mass is 233 g/mol. The quantitative estimate of drug-likeness (QED) is 0.599. The molecule has 0 unspecified atom stereocenters. The number of likely N-dealkylation sites (tertiary alicyclic amines) is 1. The number of nitrogens with zero attached hydrogens (tertiary/aromatic N) is 1. The molecule has 1 amide bonds. The Morgan fingerprint density at radius 1 is 1.56 bits per heavy atom. The van der Waals surface area contributed by atoms with Crippen LogP contribution in [-0.4, -0.2) is 56.6 Å². The highest BCUT2D eigenvalue weighted by atomic mass is 19.1. The number of halogens is 1. The maximum Gasteiger partial charge on any atom is 0.408 e. The minimum atomic E-state index is -2.52. The fraction of sp³-hybridized carbons (Fsp3) is 0.556. The molecular formula is C9H12FNO5. The number of aliphatic hydroxyl groups is 1. The standard InChI is InChI=1S/C9H12FNO5/c1-2-3-9(10)5(12)4-11(8(15)16)6(9)7(13)14/h2,5-6,12H,1,3-4H2,(H,13,14)(H,15,16)/t5-,6+,9-/m0/s1. The highest BCUT2D eigenvalue weighted by molar-refractivity contribution is 5.82. The van der Waals surface area contributed by atoms with Gasteiger partial charge in [-0.2, -0.15) is 0 Å². The van der Waals surface area contributed by atoms with E-state index < -0.39 is 42.8 Å². The molecule has 1 aliphatic rings. The molecule has 90 valence electrons. The highest BCUT2D eigenvalue weighted by Crippen LogP contribution is 2.36. The topological polar surface area (TPSA) is 98.1 Å². The first-order chi connectivity index (χ1) is 7.34. The normalized spacial score (nSPS) is 33.8. The van der Waals surface area contributed by atoms with Gasteiger partial charge in [-0.3, -0.25) is 4.90 Å². The SMILES string of the molecule is C=CC[C@]1(F)[C@@H](O)CN(C(=O)O)[C@@H]1C(=O)O. The molecule has 0 radical (unpaired) electrons. The molecule has 0 aromatic rings. The van der Waals surface area contributed by atoms with Crippen LogP contribution in [0.1, 0.15) is 6.42 Å². The van der Waals surface area contributed by atoms with E-state index in [1.54, 1.807) is 0 Å². The van der Waals surface area contributed by atoms with Gasteiger partial charge in [0, 0.05) is 6.42 Å². The molecule has 0 spiro atoms. The molecule has 3 N–H and O–H groups in total. The van der Waals surface area contributed by atoms with Crippen molar-refractivity contribution < 1.29 is 29.3 Å². The van der Waals surface area contributed by atoms with Gasteiger partial charge in [0.15, 0.2) is 11.7 Å². The molecule has 0 bridgehead atoms. The molecule has 1 aliphatic heterocycles. The summed E-state index contributed by atoms with van der Waals surface area (Å²) in [5.74, 6) is -1.62. The molecule has 16 heavy (non-hydrogen) atoms. The van der Waals surface area contributed by atoms with E-state index in [4.69, 9.17) is 10.2 Å². The van der Waals surface area contributed by atoms with E-state index in [9.17, 15) is 19.1 Å². The number of allylic oxidation sites excluding steroid dienone is 1. The van der Waals surface area contributed by atoms with Crippen molar-refractivity contribution in [2.24, 2.45) is 0 Å². The zero-order chi connectivity index (χ0) is 12.5. The van der Waals surface area contributed by atoms with Crippen molar-refractivity contribution in [3.05, 3.63) is 12.7 Å². The lowest BCUT2D eigenvalue weighted by Crippen LogP contribution is -2.51. The van der Waals surface area contributed by atoms with Crippen LogP contribution in [0.3, 0.4) is 0 Å². The summed E-state index contributed by atoms with van der Waals surface area (Å²) in [5.41, 5.74) is -2.52. The summed E-state index contributed by atoms with van der Waals surface area (Å²) < 4.78 is 14.2. The number of amides is 1. The van der Waals surface area contributed by atoms with Crippen LogP contribution in [0.2, 0.25) is 0 Å². The lowest BCUT2D eigenvalue weighted by Gasteiger charge is -2.27. The Labute approximate surface area is 90.6 Å². The minimum Gasteiger partial charge on any atom is -0.480 e. The zero-order valence-electron chi connectivity index (χ0n) is 8.34. The molecule has 7 heteroatoms. The van der Waals surface area contributed by atoms with Gasteiger partial charge in [0.25, 0.3) is 0 Å². The average Bonchev–Trinajstić information content (AvgIpc) is 2.40. The lowest BCUT2D eigenvalue weighted by atomic mass is 9.91. The summed E-state index contributed by atoms with van der Waals surface area (Å²) in [7, 11) is 0. The number of hydrogen-bond acceptors (Lipinski definition) is 3. The van der Waals surface area contributed by atoms with Crippen LogP contribution in [0.4, 0.5) is 9.18 Å². The predicted octanol–water partition coefficient (Wildman–Crippen LogP) is 0.0785. The Balaban J connectivity index is 3.12. The van der Waals surface area contributed by atoms with E-state index in [0.29, 0.717) is 4.90 Å². The molecule has 0 aromatic heterocycles. The Bertz CT molecular complexity index is 334. The summed E-state index contributed by atoms with van der Waals surface area (Å²) in [5, 5.41) is 27.0. The van der Waals surface area contributed by atoms with Gasteiger partial charge in [-0.1, -0.05) is 6.08 Å². The van der Waals surface area contributed by atoms with Gasteiger partial charge in [0.05, 0.1) is 6.54 Å². The second-order valence-corrected chi connectivity index (χ2v) is 3.61. The van der Waals surface area contributed by atoms with Crippen molar-refractivity contribution >= 4 is 12.1 Å². The van der Waals surface area contributed by atoms with Gasteiger partial charge >= 0.3 is 12.1 Å². The number of aliphatic hydroxyl groups excluding tert-OH is 1. The summed E-state index contributed by atoms with van der Waals surface area (Å²) in [6.45, 7) is 2.70. The van der Waals surface area contributed by atoms with Gasteiger partial charge in [0.1, 0.15) is 6.10 Å². The number of carboxylic acids is 1. The largest absolute Gasteiger partial charge is 0.480 e. The summed E-state index contributed by atoms with van der Waals surface area (Å²) >= 11 is 0. The number of carboxylic acid groups (broad SMARTS) is 2. The first-order valence-electron chi connectivity index (χ1n) is 4.55. The van der Waals surface area contributed by atoms with E-state index in [1.165, 1.54) is 0 Å². The first-order valence-corrected chi connectivity index (χ1v) is 4.55. The Kier molecular flexibility index (Phi) is 3.18. The number of alkyl halides is 1. The molecule has 1 rings (SSSR count). The van der Waals surface area contributed by atoms with Crippen molar-refractivity contribution in [1.29, 1.82) is 0 Å². The average molecular weight is 233 g/mol. The Morgan fingerprint density at radius 3 is 2.50 bits per heavy atom. The maximum atomic E-state index is 14.2. The van der Waals surface area contributed by atoms with Crippen molar-refractivity contribution in [3.8, 4) is 0 Å². The smallest absolute Gasteiger partial charge is 0.408 e. The van der Waals surface area contributed by atoms with E-state index in [-0.39, 0.29) is 0 Å². The lowest BCUT2D eigenvalue weighted by molar-refractivity contribution is -0.147. The molecule has 0 aliphatic carbocycles. The molecule has 0 aromatic carbocycles. The molecule has 0 saturated carbocycles. The highest BCUT2D eigenvalue weighted by Gasteiger charge is 2.59. The summed E-state index contributed by atoms with van der Waals surface area (Å²) in [6.07, 6.45) is -2.54. The van der Waals surface area contributed by atoms with Crippen LogP contribution in [0.15, 0.2) is 12.7 Å². The maximum absolute atomic E-state index is 14.2. The second-order valence-electron chi connectivity index (χ2n) is 3.61. The third-order valence-corrected chi connectivity index (χ3v) is 2.63. The van der Waals surface area contributed by atoms with E-state index in [2.05, 4.69) is 6.58 Å². The fourth-order valence-corrected chi connectivity index (χ4v) is 1.88. The van der Waals surface area contributed by atoms with Crippen molar-refractivity contribution in [2.45, 2.75) is 24.2 Å². The molecule has 1 fully saturated rings. The fourth-order valence-electron chi connectivity index (χ4n) is 1.88. The number of hydrogen-bond donors (Lipinski definition) is 3. The number of carbonyl (C=O) groups is 2. The van der Waals surface area contributed by atoms with Crippen LogP contribution in [0.5, 0.6) is 0 Å². The molecule has 1 saturated heterocycles. The molecule has 6 nitrogen and oxygen atoms in total. The first kappa shape index (κ1) is 12.4. The van der Waals surface area contributed by atoms with Crippen molar-refractivity contribution in [1.82, 2.24) is 4.90 Å². The zero-order valence-corrected chi connectivity index (χ0v) is 8.34. The number of rotatable bonds is 3.